The number of aryl methyl sites for hydroxylation is 1. The number of nitrogens with zero attached hydrogens (tertiary/aromatic N) is 1. The van der Waals surface area contributed by atoms with Gasteiger partial charge in [0.1, 0.15) is 18.2 Å². The number of nitrogens with one attached hydrogen (secondary N) is 1. The zero-order valence-corrected chi connectivity index (χ0v) is 15.6. The van der Waals surface area contributed by atoms with E-state index in [-0.39, 0.29) is 11.7 Å². The second-order valence-corrected chi connectivity index (χ2v) is 8.48. The van der Waals surface area contributed by atoms with Crippen LogP contribution in [0.15, 0.2) is 42.5 Å². The van der Waals surface area contributed by atoms with E-state index in [0.717, 1.165) is 48.8 Å². The van der Waals surface area contributed by atoms with Crippen LogP contribution in [0.3, 0.4) is 0 Å². The molecular formula is C19H20F2N2O3S. The van der Waals surface area contributed by atoms with E-state index < -0.39 is 34.1 Å². The lowest BCUT2D eigenvalue weighted by Gasteiger charge is -2.28. The highest BCUT2D eigenvalue weighted by molar-refractivity contribution is 7.92. The van der Waals surface area contributed by atoms with Gasteiger partial charge in [-0.15, -0.1) is 0 Å². The van der Waals surface area contributed by atoms with Crippen molar-refractivity contribution >= 4 is 21.6 Å². The largest absolute Gasteiger partial charge is 0.348 e. The third-order valence-electron chi connectivity index (χ3n) is 4.57. The van der Waals surface area contributed by atoms with Gasteiger partial charge in [0.15, 0.2) is 0 Å². The standard InChI is InChI=1S/C19H20F2N2O3S/c1-27(25,26)23(18-10-9-14(20)11-16(18)21)12-19(24)22-17-8-4-6-13-5-2-3-7-15(13)17/h2-3,5,7,9-11,17H,4,6,8,12H2,1H3,(H,22,24)/t17-/m0/s1. The van der Waals surface area contributed by atoms with Gasteiger partial charge in [0, 0.05) is 6.07 Å². The van der Waals surface area contributed by atoms with Crippen molar-refractivity contribution in [3.63, 3.8) is 0 Å². The highest BCUT2D eigenvalue weighted by Gasteiger charge is 2.27. The first-order valence-corrected chi connectivity index (χ1v) is 10.4. The quantitative estimate of drug-likeness (QED) is 0.848. The second-order valence-electron chi connectivity index (χ2n) is 6.58. The van der Waals surface area contributed by atoms with Crippen molar-refractivity contribution in [2.24, 2.45) is 0 Å². The monoisotopic (exact) mass is 394 g/mol. The SMILES string of the molecule is CS(=O)(=O)N(CC(=O)N[C@H]1CCCc2ccccc21)c1ccc(F)cc1F. The molecule has 2 aromatic rings. The van der Waals surface area contributed by atoms with Gasteiger partial charge < -0.3 is 5.32 Å². The number of fused-ring (bicyclic) bond motifs is 1. The predicted octanol–water partition coefficient (Wildman–Crippen LogP) is 2.92. The van der Waals surface area contributed by atoms with Crippen LogP contribution in [-0.2, 0) is 21.2 Å². The number of amides is 1. The molecule has 0 radical (unpaired) electrons. The summed E-state index contributed by atoms with van der Waals surface area (Å²) in [4.78, 5) is 12.5. The Kier molecular flexibility index (Phi) is 5.46. The molecule has 1 aliphatic rings. The zero-order valence-electron chi connectivity index (χ0n) is 14.8. The normalized spacial score (nSPS) is 16.5. The van der Waals surface area contributed by atoms with Gasteiger partial charge in [-0.05, 0) is 42.5 Å². The molecule has 1 atom stereocenters. The Morgan fingerprint density at radius 3 is 2.67 bits per heavy atom. The smallest absolute Gasteiger partial charge is 0.241 e. The number of anilines is 1. The third-order valence-corrected chi connectivity index (χ3v) is 5.70. The molecule has 144 valence electrons. The minimum Gasteiger partial charge on any atom is -0.348 e. The Bertz CT molecular complexity index is 963. The Morgan fingerprint density at radius 1 is 1.22 bits per heavy atom. The van der Waals surface area contributed by atoms with E-state index in [1.54, 1.807) is 0 Å². The number of hydrogen-bond donors (Lipinski definition) is 1. The summed E-state index contributed by atoms with van der Waals surface area (Å²) < 4.78 is 52.0. The van der Waals surface area contributed by atoms with Gasteiger partial charge in [0.05, 0.1) is 18.0 Å². The van der Waals surface area contributed by atoms with E-state index in [0.29, 0.717) is 10.4 Å². The molecule has 0 spiro atoms. The van der Waals surface area contributed by atoms with Crippen LogP contribution in [0, 0.1) is 11.6 Å². The van der Waals surface area contributed by atoms with Crippen molar-refractivity contribution in [3.8, 4) is 0 Å². The van der Waals surface area contributed by atoms with Gasteiger partial charge in [0.2, 0.25) is 15.9 Å². The maximum Gasteiger partial charge on any atom is 0.241 e. The molecule has 27 heavy (non-hydrogen) atoms. The van der Waals surface area contributed by atoms with Gasteiger partial charge in [0.25, 0.3) is 0 Å². The summed E-state index contributed by atoms with van der Waals surface area (Å²) in [5, 5.41) is 2.84. The van der Waals surface area contributed by atoms with Crippen LogP contribution >= 0.6 is 0 Å². The van der Waals surface area contributed by atoms with E-state index in [9.17, 15) is 22.0 Å². The molecule has 2 aromatic carbocycles. The summed E-state index contributed by atoms with van der Waals surface area (Å²) in [6.07, 6.45) is 3.45. The number of carbonyl (C=O) groups is 1. The number of carbonyl (C=O) groups excluding carboxylic acids is 1. The average Bonchev–Trinajstić information content (AvgIpc) is 2.60. The van der Waals surface area contributed by atoms with E-state index in [1.165, 1.54) is 0 Å². The fourth-order valence-corrected chi connectivity index (χ4v) is 4.20. The van der Waals surface area contributed by atoms with Crippen LogP contribution < -0.4 is 9.62 Å². The van der Waals surface area contributed by atoms with Crippen LogP contribution in [0.5, 0.6) is 0 Å². The number of sulfonamides is 1. The van der Waals surface area contributed by atoms with E-state index in [1.807, 2.05) is 24.3 Å². The molecule has 0 unspecified atom stereocenters. The lowest BCUT2D eigenvalue weighted by atomic mass is 9.88. The van der Waals surface area contributed by atoms with E-state index in [4.69, 9.17) is 0 Å². The van der Waals surface area contributed by atoms with Crippen molar-refractivity contribution in [1.29, 1.82) is 0 Å². The second kappa shape index (κ2) is 7.64. The molecule has 0 bridgehead atoms. The van der Waals surface area contributed by atoms with Crippen LogP contribution in [0.2, 0.25) is 0 Å². The number of rotatable bonds is 5. The maximum absolute atomic E-state index is 14.1. The number of hydrogen-bond acceptors (Lipinski definition) is 3. The number of halogens is 2. The maximum atomic E-state index is 14.1. The first kappa shape index (κ1) is 19.3. The molecule has 0 fully saturated rings. The lowest BCUT2D eigenvalue weighted by molar-refractivity contribution is -0.120. The minimum absolute atomic E-state index is 0.220. The Balaban J connectivity index is 1.80. The molecule has 0 saturated heterocycles. The average molecular weight is 394 g/mol. The van der Waals surface area contributed by atoms with Gasteiger partial charge in [-0.1, -0.05) is 24.3 Å². The molecule has 1 amide bonds. The van der Waals surface area contributed by atoms with Crippen molar-refractivity contribution in [1.82, 2.24) is 5.32 Å². The van der Waals surface area contributed by atoms with Crippen LogP contribution in [-0.4, -0.2) is 27.1 Å². The first-order valence-electron chi connectivity index (χ1n) is 8.55. The van der Waals surface area contributed by atoms with E-state index >= 15 is 0 Å². The molecular weight excluding hydrogens is 374 g/mol. The predicted molar refractivity (Wildman–Crippen MR) is 98.8 cm³/mol. The summed E-state index contributed by atoms with van der Waals surface area (Å²) in [7, 11) is -3.94. The lowest BCUT2D eigenvalue weighted by Crippen LogP contribution is -2.42. The minimum atomic E-state index is -3.94. The van der Waals surface area contributed by atoms with Gasteiger partial charge >= 0.3 is 0 Å². The third kappa shape index (κ3) is 4.44. The van der Waals surface area contributed by atoms with E-state index in [2.05, 4.69) is 5.32 Å². The van der Waals surface area contributed by atoms with Crippen molar-refractivity contribution in [2.75, 3.05) is 17.1 Å². The molecule has 3 rings (SSSR count). The Labute approximate surface area is 157 Å². The molecule has 1 aliphatic carbocycles. The molecule has 0 saturated carbocycles. The molecule has 5 nitrogen and oxygen atoms in total. The number of benzene rings is 2. The summed E-state index contributed by atoms with van der Waals surface area (Å²) in [6.45, 7) is -0.583. The van der Waals surface area contributed by atoms with Gasteiger partial charge in [-0.3, -0.25) is 9.10 Å². The van der Waals surface area contributed by atoms with Crippen molar-refractivity contribution in [2.45, 2.75) is 25.3 Å². The van der Waals surface area contributed by atoms with Crippen LogP contribution in [0.1, 0.15) is 30.0 Å². The van der Waals surface area contributed by atoms with Crippen molar-refractivity contribution in [3.05, 3.63) is 65.2 Å². The topological polar surface area (TPSA) is 66.5 Å². The molecule has 0 aliphatic heterocycles. The molecule has 8 heteroatoms. The molecule has 0 aromatic heterocycles. The van der Waals surface area contributed by atoms with Crippen LogP contribution in [0.25, 0.3) is 0 Å². The van der Waals surface area contributed by atoms with Gasteiger partial charge in [-0.25, -0.2) is 17.2 Å². The molecule has 1 N–H and O–H groups in total. The van der Waals surface area contributed by atoms with Crippen LogP contribution in [0.4, 0.5) is 14.5 Å². The highest BCUT2D eigenvalue weighted by atomic mass is 32.2. The van der Waals surface area contributed by atoms with Gasteiger partial charge in [-0.2, -0.15) is 0 Å². The summed E-state index contributed by atoms with van der Waals surface area (Å²) in [6, 6.07) is 10.1. The molecule has 0 heterocycles. The Hall–Kier alpha value is -2.48. The summed E-state index contributed by atoms with van der Waals surface area (Å²) >= 11 is 0. The summed E-state index contributed by atoms with van der Waals surface area (Å²) in [5.41, 5.74) is 1.80. The Morgan fingerprint density at radius 2 is 1.96 bits per heavy atom. The fourth-order valence-electron chi connectivity index (χ4n) is 3.34. The highest BCUT2D eigenvalue weighted by Crippen LogP contribution is 2.29. The summed E-state index contributed by atoms with van der Waals surface area (Å²) in [5.74, 6) is -2.42. The van der Waals surface area contributed by atoms with Crippen molar-refractivity contribution < 1.29 is 22.0 Å². The first-order chi connectivity index (χ1) is 12.8. The fraction of sp³-hybridized carbons (Fsp3) is 0.316. The zero-order chi connectivity index (χ0) is 19.6.